The molecule has 5 rings (SSSR count). The molecule has 180 valence electrons. The molecule has 4 fully saturated rings. The summed E-state index contributed by atoms with van der Waals surface area (Å²) >= 11 is 0. The highest BCUT2D eigenvalue weighted by Crippen LogP contribution is 2.67. The molecule has 0 unspecified atom stereocenters. The third kappa shape index (κ3) is 3.87. The number of hydrogen-bond donors (Lipinski definition) is 1. The Morgan fingerprint density at radius 3 is 2.69 bits per heavy atom. The molecule has 0 aliphatic heterocycles. The number of allylic oxidation sites excluding steroid dienone is 1. The van der Waals surface area contributed by atoms with Crippen molar-refractivity contribution in [2.75, 3.05) is 7.05 Å². The molecule has 4 heteroatoms. The maximum absolute atomic E-state index is 12.5. The topological polar surface area (TPSA) is 49.8 Å². The fourth-order valence-electron chi connectivity index (χ4n) is 8.78. The van der Waals surface area contributed by atoms with E-state index in [9.17, 15) is 9.90 Å². The molecule has 4 saturated carbocycles. The van der Waals surface area contributed by atoms with Crippen molar-refractivity contribution in [3.8, 4) is 0 Å². The Morgan fingerprint density at radius 1 is 1.16 bits per heavy atom. The van der Waals surface area contributed by atoms with Gasteiger partial charge in [-0.3, -0.25) is 9.63 Å². The van der Waals surface area contributed by atoms with Gasteiger partial charge in [-0.15, -0.1) is 0 Å². The second-order valence-electron chi connectivity index (χ2n) is 12.6. The van der Waals surface area contributed by atoms with Crippen LogP contribution in [0.15, 0.2) is 11.6 Å². The van der Waals surface area contributed by atoms with E-state index in [-0.39, 0.29) is 18.1 Å². The number of rotatable bonds is 6. The molecule has 5 aliphatic carbocycles. The van der Waals surface area contributed by atoms with E-state index in [1.165, 1.54) is 43.6 Å². The molecule has 0 aromatic carbocycles. The minimum atomic E-state index is -0.118. The van der Waals surface area contributed by atoms with Crippen LogP contribution >= 0.6 is 0 Å². The fraction of sp³-hybridized carbons (Fsp3) is 0.893. The van der Waals surface area contributed by atoms with Gasteiger partial charge in [0.2, 0.25) is 5.91 Å². The van der Waals surface area contributed by atoms with Crippen molar-refractivity contribution in [1.29, 1.82) is 0 Å². The Kier molecular flexibility index (Phi) is 6.02. The lowest BCUT2D eigenvalue weighted by Crippen LogP contribution is -2.50. The number of aliphatic hydroxyl groups is 1. The van der Waals surface area contributed by atoms with Gasteiger partial charge in [0.1, 0.15) is 0 Å². The maximum atomic E-state index is 12.5. The summed E-state index contributed by atoms with van der Waals surface area (Å²) in [6.07, 6.45) is 16.2. The summed E-state index contributed by atoms with van der Waals surface area (Å²) in [4.78, 5) is 18.2. The van der Waals surface area contributed by atoms with Crippen molar-refractivity contribution in [2.24, 2.45) is 40.4 Å². The van der Waals surface area contributed by atoms with Gasteiger partial charge in [-0.1, -0.05) is 32.4 Å². The Labute approximate surface area is 195 Å². The van der Waals surface area contributed by atoms with Gasteiger partial charge >= 0.3 is 0 Å². The van der Waals surface area contributed by atoms with E-state index < -0.39 is 0 Å². The van der Waals surface area contributed by atoms with Gasteiger partial charge in [0.15, 0.2) is 0 Å². The van der Waals surface area contributed by atoms with E-state index >= 15 is 0 Å². The van der Waals surface area contributed by atoms with Gasteiger partial charge in [-0.25, -0.2) is 5.06 Å². The Hall–Kier alpha value is -0.870. The zero-order valence-corrected chi connectivity index (χ0v) is 20.8. The lowest BCUT2D eigenvalue weighted by molar-refractivity contribution is -0.183. The molecule has 0 saturated heterocycles. The first kappa shape index (κ1) is 22.9. The Bertz CT molecular complexity index is 760. The third-order valence-corrected chi connectivity index (χ3v) is 10.8. The molecule has 0 radical (unpaired) electrons. The molecule has 0 bridgehead atoms. The zero-order valence-electron chi connectivity index (χ0n) is 20.8. The number of hydrogen-bond acceptors (Lipinski definition) is 3. The van der Waals surface area contributed by atoms with E-state index in [0.29, 0.717) is 23.2 Å². The van der Waals surface area contributed by atoms with Crippen LogP contribution in [0.1, 0.15) is 97.8 Å². The van der Waals surface area contributed by atoms with Crippen molar-refractivity contribution >= 4 is 5.91 Å². The van der Waals surface area contributed by atoms with E-state index in [4.69, 9.17) is 4.84 Å². The minimum absolute atomic E-state index is 0.118. The van der Waals surface area contributed by atoms with Gasteiger partial charge in [0.05, 0.1) is 12.2 Å². The van der Waals surface area contributed by atoms with Crippen molar-refractivity contribution < 1.29 is 14.7 Å². The summed E-state index contributed by atoms with van der Waals surface area (Å²) < 4.78 is 0. The van der Waals surface area contributed by atoms with Crippen LogP contribution in [-0.2, 0) is 9.63 Å². The van der Waals surface area contributed by atoms with Crippen molar-refractivity contribution in [1.82, 2.24) is 5.06 Å². The van der Waals surface area contributed by atoms with Crippen LogP contribution < -0.4 is 0 Å². The Balaban J connectivity index is 1.24. The largest absolute Gasteiger partial charge is 0.393 e. The minimum Gasteiger partial charge on any atom is -0.393 e. The molecule has 1 amide bonds. The lowest BCUT2D eigenvalue weighted by Gasteiger charge is -2.58. The lowest BCUT2D eigenvalue weighted by atomic mass is 9.47. The monoisotopic (exact) mass is 443 g/mol. The van der Waals surface area contributed by atoms with Crippen LogP contribution in [-0.4, -0.2) is 35.3 Å². The summed E-state index contributed by atoms with van der Waals surface area (Å²) in [5.74, 6) is 3.92. The van der Waals surface area contributed by atoms with Crippen LogP contribution in [0.3, 0.4) is 0 Å². The second-order valence-corrected chi connectivity index (χ2v) is 12.6. The fourth-order valence-corrected chi connectivity index (χ4v) is 8.78. The summed E-state index contributed by atoms with van der Waals surface area (Å²) in [5.41, 5.74) is 2.32. The van der Waals surface area contributed by atoms with Crippen LogP contribution in [0.4, 0.5) is 0 Å². The van der Waals surface area contributed by atoms with Gasteiger partial charge in [0.25, 0.3) is 0 Å². The first-order valence-corrected chi connectivity index (χ1v) is 13.5. The molecule has 0 aromatic heterocycles. The molecule has 4 nitrogen and oxygen atoms in total. The number of carbonyl (C=O) groups excluding carboxylic acids is 1. The Morgan fingerprint density at radius 2 is 1.94 bits per heavy atom. The standard InChI is InChI=1S/C28H45NO3/c1-18(5-12-26(31)29(4)32-21-7-8-21)23-10-11-24-22-9-6-19-17-20(30)13-15-27(19,2)25(22)14-16-28(23,24)3/h6,18,20-25,30H,5,7-17H2,1-4H3/t18-,20+,22+,23-,24+,25+,27+,28-/m1/s1. The number of fused-ring (bicyclic) bond motifs is 5. The molecular formula is C28H45NO3. The van der Waals surface area contributed by atoms with Crippen LogP contribution in [0, 0.1) is 40.4 Å². The van der Waals surface area contributed by atoms with Gasteiger partial charge in [-0.05, 0) is 111 Å². The number of aliphatic hydroxyl groups excluding tert-OH is 1. The second kappa shape index (κ2) is 8.41. The highest BCUT2D eigenvalue weighted by Gasteiger charge is 2.59. The molecule has 8 atom stereocenters. The average molecular weight is 444 g/mol. The van der Waals surface area contributed by atoms with Crippen LogP contribution in [0.2, 0.25) is 0 Å². The molecule has 0 spiro atoms. The number of nitrogens with zero attached hydrogens (tertiary/aromatic N) is 1. The van der Waals surface area contributed by atoms with Crippen molar-refractivity contribution in [3.63, 3.8) is 0 Å². The summed E-state index contributed by atoms with van der Waals surface area (Å²) in [7, 11) is 1.79. The quantitative estimate of drug-likeness (QED) is 0.411. The molecule has 0 heterocycles. The summed E-state index contributed by atoms with van der Waals surface area (Å²) in [5, 5.41) is 11.7. The molecule has 1 N–H and O–H groups in total. The van der Waals surface area contributed by atoms with E-state index in [0.717, 1.165) is 55.8 Å². The molecule has 0 aromatic rings. The predicted octanol–water partition coefficient (Wildman–Crippen LogP) is 5.90. The van der Waals surface area contributed by atoms with Crippen molar-refractivity contribution in [2.45, 2.75) is 110 Å². The first-order valence-electron chi connectivity index (χ1n) is 13.5. The highest BCUT2D eigenvalue weighted by molar-refractivity contribution is 5.74. The van der Waals surface area contributed by atoms with Crippen LogP contribution in [0.25, 0.3) is 0 Å². The van der Waals surface area contributed by atoms with Crippen LogP contribution in [0.5, 0.6) is 0 Å². The van der Waals surface area contributed by atoms with E-state index in [1.807, 2.05) is 0 Å². The summed E-state index contributed by atoms with van der Waals surface area (Å²) in [6, 6.07) is 0. The van der Waals surface area contributed by atoms with Crippen molar-refractivity contribution in [3.05, 3.63) is 11.6 Å². The average Bonchev–Trinajstić information content (AvgIpc) is 3.50. The molecule has 5 aliphatic rings. The highest BCUT2D eigenvalue weighted by atomic mass is 16.7. The number of carbonyl (C=O) groups is 1. The smallest absolute Gasteiger partial charge is 0.245 e. The third-order valence-electron chi connectivity index (χ3n) is 10.8. The SMILES string of the molecule is C[C@H](CCC(=O)N(C)OC1CC1)[C@H]1CC[C@H]2[C@@H]3CC=C4C[C@@H](O)CC[C@]4(C)[C@H]3CC[C@]12C. The van der Waals surface area contributed by atoms with Gasteiger partial charge in [0, 0.05) is 13.5 Å². The van der Waals surface area contributed by atoms with E-state index in [2.05, 4.69) is 26.8 Å². The van der Waals surface area contributed by atoms with Gasteiger partial charge < -0.3 is 5.11 Å². The normalized spacial score (nSPS) is 44.2. The van der Waals surface area contributed by atoms with Gasteiger partial charge in [-0.2, -0.15) is 0 Å². The summed E-state index contributed by atoms with van der Waals surface area (Å²) in [6.45, 7) is 7.52. The number of amides is 1. The van der Waals surface area contributed by atoms with E-state index in [1.54, 1.807) is 12.6 Å². The first-order chi connectivity index (χ1) is 15.2. The predicted molar refractivity (Wildman–Crippen MR) is 126 cm³/mol. The molecule has 32 heavy (non-hydrogen) atoms. The maximum Gasteiger partial charge on any atom is 0.245 e. The number of hydroxylamine groups is 2. The zero-order chi connectivity index (χ0) is 22.7. The molecular weight excluding hydrogens is 398 g/mol.